The Kier molecular flexibility index (Phi) is 7.21. The summed E-state index contributed by atoms with van der Waals surface area (Å²) in [4.78, 5) is 36.7. The average Bonchev–Trinajstić information content (AvgIpc) is 2.46. The Morgan fingerprint density at radius 2 is 1.96 bits per heavy atom. The summed E-state index contributed by atoms with van der Waals surface area (Å²) in [5.74, 6) is -0.642. The molecule has 24 heavy (non-hydrogen) atoms. The van der Waals surface area contributed by atoms with Crippen molar-refractivity contribution in [3.8, 4) is 0 Å². The van der Waals surface area contributed by atoms with Crippen LogP contribution in [0.2, 0.25) is 0 Å². The van der Waals surface area contributed by atoms with E-state index in [4.69, 9.17) is 9.47 Å². The summed E-state index contributed by atoms with van der Waals surface area (Å²) < 4.78 is 10.6. The number of carbonyl (C=O) groups is 3. The molecule has 8 nitrogen and oxygen atoms in total. The number of hydrogen-bond donors (Lipinski definition) is 2. The minimum atomic E-state index is -0.605. The zero-order valence-electron chi connectivity index (χ0n) is 14.8. The first-order valence-corrected chi connectivity index (χ1v) is 7.86. The normalized spacial score (nSPS) is 20.7. The van der Waals surface area contributed by atoms with Crippen LogP contribution < -0.4 is 10.6 Å². The zero-order valence-corrected chi connectivity index (χ0v) is 14.8. The van der Waals surface area contributed by atoms with Crippen molar-refractivity contribution < 1.29 is 23.9 Å². The van der Waals surface area contributed by atoms with Crippen LogP contribution in [-0.2, 0) is 19.1 Å². The van der Waals surface area contributed by atoms with Crippen LogP contribution in [0.5, 0.6) is 0 Å². The maximum Gasteiger partial charge on any atom is 0.408 e. The summed E-state index contributed by atoms with van der Waals surface area (Å²) in [6.07, 6.45) is 1.15. The van der Waals surface area contributed by atoms with Crippen LogP contribution >= 0.6 is 0 Å². The minimum Gasteiger partial charge on any atom is -0.444 e. The Labute approximate surface area is 142 Å². The lowest BCUT2D eigenvalue weighted by Crippen LogP contribution is -2.58. The molecule has 1 saturated heterocycles. The van der Waals surface area contributed by atoms with Gasteiger partial charge >= 0.3 is 6.09 Å². The van der Waals surface area contributed by atoms with Gasteiger partial charge in [-0.2, -0.15) is 0 Å². The average molecular weight is 341 g/mol. The van der Waals surface area contributed by atoms with Crippen LogP contribution in [-0.4, -0.2) is 67.3 Å². The van der Waals surface area contributed by atoms with E-state index >= 15 is 0 Å². The Bertz CT molecular complexity index is 487. The first kappa shape index (κ1) is 20.0. The number of nitrogens with one attached hydrogen (secondary N) is 2. The van der Waals surface area contributed by atoms with Gasteiger partial charge in [-0.3, -0.25) is 9.59 Å². The standard InChI is InChI=1S/C16H27N3O5/c1-6-14(21)19(5)9-13(20)17-11-7-8-23-10-12(11)18-15(22)24-16(2,3)4/h6,11-12H,1,7-10H2,2-5H3,(H,17,20)(H,18,22)/t11-,12+/m1/s1. The molecule has 0 unspecified atom stereocenters. The second-order valence-electron chi connectivity index (χ2n) is 6.69. The van der Waals surface area contributed by atoms with Crippen LogP contribution in [0, 0.1) is 0 Å². The first-order valence-electron chi connectivity index (χ1n) is 7.86. The highest BCUT2D eigenvalue weighted by Gasteiger charge is 2.30. The highest BCUT2D eigenvalue weighted by molar-refractivity contribution is 5.90. The highest BCUT2D eigenvalue weighted by Crippen LogP contribution is 2.11. The second-order valence-corrected chi connectivity index (χ2v) is 6.69. The van der Waals surface area contributed by atoms with E-state index < -0.39 is 17.7 Å². The molecule has 3 amide bonds. The maximum absolute atomic E-state index is 12.1. The van der Waals surface area contributed by atoms with Crippen molar-refractivity contribution in [2.75, 3.05) is 26.8 Å². The van der Waals surface area contributed by atoms with Crippen LogP contribution in [0.15, 0.2) is 12.7 Å². The molecule has 0 bridgehead atoms. The van der Waals surface area contributed by atoms with Crippen LogP contribution in [0.1, 0.15) is 27.2 Å². The maximum atomic E-state index is 12.1. The summed E-state index contributed by atoms with van der Waals surface area (Å²) in [6.45, 7) is 9.38. The fourth-order valence-corrected chi connectivity index (χ4v) is 2.21. The van der Waals surface area contributed by atoms with Gasteiger partial charge in [0.25, 0.3) is 0 Å². The van der Waals surface area contributed by atoms with Gasteiger partial charge in [-0.1, -0.05) is 6.58 Å². The largest absolute Gasteiger partial charge is 0.444 e. The van der Waals surface area contributed by atoms with Crippen molar-refractivity contribution in [3.63, 3.8) is 0 Å². The molecule has 1 fully saturated rings. The Morgan fingerprint density at radius 1 is 1.29 bits per heavy atom. The van der Waals surface area contributed by atoms with Crippen molar-refractivity contribution in [1.29, 1.82) is 0 Å². The fourth-order valence-electron chi connectivity index (χ4n) is 2.21. The van der Waals surface area contributed by atoms with E-state index in [-0.39, 0.29) is 31.0 Å². The van der Waals surface area contributed by atoms with E-state index in [1.807, 2.05) is 0 Å². The molecular formula is C16H27N3O5. The second kappa shape index (κ2) is 8.68. The number of amides is 3. The van der Waals surface area contributed by atoms with Gasteiger partial charge in [0.15, 0.2) is 0 Å². The van der Waals surface area contributed by atoms with E-state index in [9.17, 15) is 14.4 Å². The van der Waals surface area contributed by atoms with E-state index in [2.05, 4.69) is 17.2 Å². The third kappa shape index (κ3) is 6.99. The molecule has 0 aromatic rings. The molecule has 1 aliphatic heterocycles. The summed E-state index contributed by atoms with van der Waals surface area (Å²) in [6, 6.07) is -0.677. The molecule has 0 aromatic carbocycles. The summed E-state index contributed by atoms with van der Waals surface area (Å²) in [7, 11) is 1.52. The minimum absolute atomic E-state index is 0.0820. The number of ether oxygens (including phenoxy) is 2. The smallest absolute Gasteiger partial charge is 0.408 e. The lowest BCUT2D eigenvalue weighted by molar-refractivity contribution is -0.132. The number of hydrogen-bond acceptors (Lipinski definition) is 5. The zero-order chi connectivity index (χ0) is 18.3. The Hall–Kier alpha value is -2.09. The van der Waals surface area contributed by atoms with Gasteiger partial charge in [-0.05, 0) is 33.3 Å². The van der Waals surface area contributed by atoms with Crippen molar-refractivity contribution >= 4 is 17.9 Å². The molecule has 0 aromatic heterocycles. The third-order valence-electron chi connectivity index (χ3n) is 3.34. The lowest BCUT2D eigenvalue weighted by atomic mass is 10.0. The first-order chi connectivity index (χ1) is 11.1. The van der Waals surface area contributed by atoms with Crippen LogP contribution in [0.25, 0.3) is 0 Å². The van der Waals surface area contributed by atoms with Crippen molar-refractivity contribution in [2.24, 2.45) is 0 Å². The fraction of sp³-hybridized carbons (Fsp3) is 0.688. The van der Waals surface area contributed by atoms with Crippen LogP contribution in [0.3, 0.4) is 0 Å². The van der Waals surface area contributed by atoms with Gasteiger partial charge < -0.3 is 25.0 Å². The summed E-state index contributed by atoms with van der Waals surface area (Å²) in [5.41, 5.74) is -0.605. The molecule has 2 N–H and O–H groups in total. The van der Waals surface area contributed by atoms with Gasteiger partial charge in [0.05, 0.1) is 25.2 Å². The molecule has 2 atom stereocenters. The monoisotopic (exact) mass is 341 g/mol. The molecule has 1 aliphatic rings. The number of carbonyl (C=O) groups excluding carboxylic acids is 3. The number of rotatable bonds is 5. The molecule has 0 radical (unpaired) electrons. The SMILES string of the molecule is C=CC(=O)N(C)CC(=O)N[C@@H]1CCOC[C@@H]1NC(=O)OC(C)(C)C. The number of alkyl carbamates (subject to hydrolysis) is 1. The van der Waals surface area contributed by atoms with Crippen molar-refractivity contribution in [1.82, 2.24) is 15.5 Å². The van der Waals surface area contributed by atoms with E-state index in [1.165, 1.54) is 11.9 Å². The van der Waals surface area contributed by atoms with E-state index in [1.54, 1.807) is 20.8 Å². The predicted molar refractivity (Wildman–Crippen MR) is 88.4 cm³/mol. The number of likely N-dealkylation sites (N-methyl/N-ethyl adjacent to an activating group) is 1. The summed E-state index contributed by atoms with van der Waals surface area (Å²) in [5, 5.41) is 5.55. The molecule has 0 saturated carbocycles. The van der Waals surface area contributed by atoms with Gasteiger partial charge in [-0.25, -0.2) is 4.79 Å². The van der Waals surface area contributed by atoms with Gasteiger partial charge in [0, 0.05) is 13.7 Å². The lowest BCUT2D eigenvalue weighted by Gasteiger charge is -2.33. The Balaban J connectivity index is 2.57. The molecule has 0 spiro atoms. The number of nitrogens with zero attached hydrogens (tertiary/aromatic N) is 1. The highest BCUT2D eigenvalue weighted by atomic mass is 16.6. The van der Waals surface area contributed by atoms with Gasteiger partial charge in [0.2, 0.25) is 11.8 Å². The predicted octanol–water partition coefficient (Wildman–Crippen LogP) is 0.429. The molecule has 8 heteroatoms. The van der Waals surface area contributed by atoms with Crippen molar-refractivity contribution in [3.05, 3.63) is 12.7 Å². The molecule has 1 heterocycles. The van der Waals surface area contributed by atoms with Gasteiger partial charge in [0.1, 0.15) is 5.60 Å². The van der Waals surface area contributed by atoms with Crippen molar-refractivity contribution in [2.45, 2.75) is 44.9 Å². The molecule has 1 rings (SSSR count). The van der Waals surface area contributed by atoms with Crippen LogP contribution in [0.4, 0.5) is 4.79 Å². The topological polar surface area (TPSA) is 97.0 Å². The quantitative estimate of drug-likeness (QED) is 0.707. The Morgan fingerprint density at radius 3 is 2.54 bits per heavy atom. The molecule has 0 aliphatic carbocycles. The van der Waals surface area contributed by atoms with E-state index in [0.717, 1.165) is 6.08 Å². The van der Waals surface area contributed by atoms with Gasteiger partial charge in [-0.15, -0.1) is 0 Å². The summed E-state index contributed by atoms with van der Waals surface area (Å²) >= 11 is 0. The third-order valence-corrected chi connectivity index (χ3v) is 3.34. The molecular weight excluding hydrogens is 314 g/mol. The van der Waals surface area contributed by atoms with E-state index in [0.29, 0.717) is 13.0 Å². The molecule has 136 valence electrons.